The molecular formula is C27H29N3O4S+2. The highest BCUT2D eigenvalue weighted by atomic mass is 32.2. The van der Waals surface area contributed by atoms with Gasteiger partial charge in [-0.2, -0.15) is 4.72 Å². The van der Waals surface area contributed by atoms with Crippen LogP contribution in [-0.4, -0.2) is 38.6 Å². The van der Waals surface area contributed by atoms with E-state index >= 15 is 0 Å². The van der Waals surface area contributed by atoms with Crippen LogP contribution in [0.3, 0.4) is 0 Å². The summed E-state index contributed by atoms with van der Waals surface area (Å²) in [5.74, 6) is -1.21. The number of carboxylic acids is 1. The lowest BCUT2D eigenvalue weighted by molar-refractivity contribution is -0.818. The molecule has 1 saturated heterocycles. The summed E-state index contributed by atoms with van der Waals surface area (Å²) >= 11 is 0. The van der Waals surface area contributed by atoms with Crippen LogP contribution >= 0.6 is 0 Å². The molecular weight excluding hydrogens is 462 g/mol. The number of nitrogens with two attached hydrogens (primary N) is 1. The van der Waals surface area contributed by atoms with Crippen LogP contribution in [-0.2, 0) is 14.8 Å². The van der Waals surface area contributed by atoms with Crippen molar-refractivity contribution in [3.8, 4) is 11.1 Å². The van der Waals surface area contributed by atoms with Crippen molar-refractivity contribution in [3.63, 3.8) is 0 Å². The van der Waals surface area contributed by atoms with Crippen molar-refractivity contribution in [1.82, 2.24) is 4.72 Å². The zero-order chi connectivity index (χ0) is 24.4. The van der Waals surface area contributed by atoms with Crippen molar-refractivity contribution < 1.29 is 28.5 Å². The standard InChI is InChI=1S/C27H27N3O4S/c31-27(32)26(17-21-18-28-25-6-2-1-5-24(21)25)29-35(33,34)23-13-9-20(10-14-23)19-7-11-22(12-8-19)30-15-3-4-16-30/h1-2,5-14,18,26,28-29H,3-4,15-17H2,(H,31,32)/p+2/t26-/m1/s1. The Balaban J connectivity index is 1.29. The van der Waals surface area contributed by atoms with Gasteiger partial charge < -0.3 is 10.0 Å². The fraction of sp³-hybridized carbons (Fsp3) is 0.222. The normalized spacial score (nSPS) is 16.6. The summed E-state index contributed by atoms with van der Waals surface area (Å²) < 4.78 is 28.4. The molecule has 3 aromatic carbocycles. The largest absolute Gasteiger partial charge is 0.480 e. The molecule has 1 fully saturated rings. The highest BCUT2D eigenvalue weighted by Gasteiger charge is 2.29. The third kappa shape index (κ3) is 5.06. The second-order valence-corrected chi connectivity index (χ2v) is 10.8. The van der Waals surface area contributed by atoms with E-state index in [1.54, 1.807) is 12.1 Å². The minimum Gasteiger partial charge on any atom is -0.480 e. The molecule has 0 radical (unpaired) electrons. The Morgan fingerprint density at radius 1 is 0.943 bits per heavy atom. The van der Waals surface area contributed by atoms with Gasteiger partial charge in [-0.25, -0.2) is 8.42 Å². The van der Waals surface area contributed by atoms with Crippen LogP contribution in [0.2, 0.25) is 0 Å². The summed E-state index contributed by atoms with van der Waals surface area (Å²) in [4.78, 5) is 13.5. The molecule has 0 aromatic heterocycles. The first-order valence-corrected chi connectivity index (χ1v) is 13.3. The van der Waals surface area contributed by atoms with E-state index in [0.29, 0.717) is 0 Å². The molecule has 8 heteroatoms. The topological polar surface area (TPSA) is 105 Å². The van der Waals surface area contributed by atoms with Gasteiger partial charge in [0.15, 0.2) is 0 Å². The Morgan fingerprint density at radius 2 is 1.57 bits per heavy atom. The summed E-state index contributed by atoms with van der Waals surface area (Å²) in [6.45, 7) is 2.33. The van der Waals surface area contributed by atoms with Crippen LogP contribution in [0.4, 0.5) is 11.4 Å². The van der Waals surface area contributed by atoms with Gasteiger partial charge in [0.1, 0.15) is 23.6 Å². The highest BCUT2D eigenvalue weighted by Crippen LogP contribution is 2.28. The lowest BCUT2D eigenvalue weighted by Crippen LogP contribution is -3.04. The molecule has 7 nitrogen and oxygen atoms in total. The molecule has 3 aromatic rings. The fourth-order valence-corrected chi connectivity index (χ4v) is 6.05. The molecule has 2 aliphatic heterocycles. The van der Waals surface area contributed by atoms with E-state index in [2.05, 4.69) is 29.0 Å². The van der Waals surface area contributed by atoms with E-state index in [1.165, 1.54) is 35.6 Å². The SMILES string of the molecule is O=C(O)[C@@H](CC1=C[NH2+]c2ccccc21)NS(=O)(=O)c1ccc(-c2ccc([NH+]3CCCC3)cc2)cc1. The molecule has 0 spiro atoms. The van der Waals surface area contributed by atoms with Crippen LogP contribution in [0.5, 0.6) is 0 Å². The molecule has 1 atom stereocenters. The zero-order valence-corrected chi connectivity index (χ0v) is 20.1. The minimum absolute atomic E-state index is 0.0398. The van der Waals surface area contributed by atoms with Crippen molar-refractivity contribution in [3.05, 3.63) is 84.6 Å². The van der Waals surface area contributed by atoms with Crippen LogP contribution in [0.25, 0.3) is 16.7 Å². The maximum Gasteiger partial charge on any atom is 0.322 e. The van der Waals surface area contributed by atoms with Gasteiger partial charge in [-0.15, -0.1) is 0 Å². The Labute approximate surface area is 205 Å². The van der Waals surface area contributed by atoms with Crippen LogP contribution in [0, 0.1) is 0 Å². The van der Waals surface area contributed by atoms with Gasteiger partial charge in [0.05, 0.1) is 18.0 Å². The molecule has 35 heavy (non-hydrogen) atoms. The Bertz CT molecular complexity index is 1360. The van der Waals surface area contributed by atoms with Crippen LogP contribution < -0.4 is 14.9 Å². The monoisotopic (exact) mass is 491 g/mol. The number of nitrogens with one attached hydrogen (secondary N) is 2. The number of fused-ring (bicyclic) bond motifs is 1. The quantitative estimate of drug-likeness (QED) is 0.362. The summed E-state index contributed by atoms with van der Waals surface area (Å²) in [7, 11) is -4.01. The van der Waals surface area contributed by atoms with Gasteiger partial charge in [-0.3, -0.25) is 10.1 Å². The molecule has 0 amide bonds. The van der Waals surface area contributed by atoms with Crippen molar-refractivity contribution >= 4 is 32.9 Å². The smallest absolute Gasteiger partial charge is 0.322 e. The average molecular weight is 492 g/mol. The van der Waals surface area contributed by atoms with Crippen molar-refractivity contribution in [2.75, 3.05) is 13.1 Å². The molecule has 5 rings (SSSR count). The lowest BCUT2D eigenvalue weighted by Gasteiger charge is -2.15. The first-order chi connectivity index (χ1) is 16.9. The third-order valence-corrected chi connectivity index (χ3v) is 8.28. The third-order valence-electron chi connectivity index (χ3n) is 6.79. The average Bonchev–Trinajstić information content (AvgIpc) is 3.55. The molecule has 0 bridgehead atoms. The van der Waals surface area contributed by atoms with E-state index in [-0.39, 0.29) is 11.3 Å². The summed E-state index contributed by atoms with van der Waals surface area (Å²) in [5.41, 5.74) is 5.93. The Kier molecular flexibility index (Phi) is 6.53. The predicted molar refractivity (Wildman–Crippen MR) is 134 cm³/mol. The predicted octanol–water partition coefficient (Wildman–Crippen LogP) is 2.03. The number of hydrogen-bond donors (Lipinski definition) is 4. The van der Waals surface area contributed by atoms with Gasteiger partial charge in [0.25, 0.3) is 0 Å². The number of carbonyl (C=O) groups is 1. The number of quaternary nitrogens is 2. The van der Waals surface area contributed by atoms with Gasteiger partial charge >= 0.3 is 5.97 Å². The minimum atomic E-state index is -4.01. The zero-order valence-electron chi connectivity index (χ0n) is 19.3. The molecule has 180 valence electrons. The molecule has 0 unspecified atom stereocenters. The molecule has 5 N–H and O–H groups in total. The van der Waals surface area contributed by atoms with Crippen LogP contribution in [0.1, 0.15) is 24.8 Å². The first kappa shape index (κ1) is 23.4. The van der Waals surface area contributed by atoms with E-state index in [0.717, 1.165) is 41.0 Å². The lowest BCUT2D eigenvalue weighted by atomic mass is 10.0. The van der Waals surface area contributed by atoms with Crippen molar-refractivity contribution in [2.45, 2.75) is 30.2 Å². The summed E-state index contributed by atoms with van der Waals surface area (Å²) in [6, 6.07) is 21.3. The maximum atomic E-state index is 13.0. The highest BCUT2D eigenvalue weighted by molar-refractivity contribution is 7.89. The summed E-state index contributed by atoms with van der Waals surface area (Å²) in [6.07, 6.45) is 4.42. The number of aliphatic carboxylic acids is 1. The molecule has 2 heterocycles. The molecule has 2 aliphatic rings. The van der Waals surface area contributed by atoms with Crippen LogP contribution in [0.15, 0.2) is 83.9 Å². The summed E-state index contributed by atoms with van der Waals surface area (Å²) in [5, 5.41) is 11.6. The van der Waals surface area contributed by atoms with Gasteiger partial charge in [-0.05, 0) is 53.6 Å². The number of benzene rings is 3. The van der Waals surface area contributed by atoms with Crippen molar-refractivity contribution in [1.29, 1.82) is 0 Å². The number of para-hydroxylation sites is 1. The number of carboxylic acid groups (broad SMARTS) is 1. The molecule has 0 saturated carbocycles. The second kappa shape index (κ2) is 9.75. The van der Waals surface area contributed by atoms with Crippen molar-refractivity contribution in [2.24, 2.45) is 0 Å². The fourth-order valence-electron chi connectivity index (χ4n) is 4.86. The number of rotatable bonds is 8. The number of hydrogen-bond acceptors (Lipinski definition) is 3. The number of sulfonamides is 1. The first-order valence-electron chi connectivity index (χ1n) is 11.8. The maximum absolute atomic E-state index is 13.0. The Morgan fingerprint density at radius 3 is 2.23 bits per heavy atom. The molecule has 0 aliphatic carbocycles. The van der Waals surface area contributed by atoms with Gasteiger partial charge in [0, 0.05) is 36.5 Å². The van der Waals surface area contributed by atoms with E-state index in [1.807, 2.05) is 35.8 Å². The Hall–Kier alpha value is -3.30. The van der Waals surface area contributed by atoms with E-state index in [9.17, 15) is 18.3 Å². The van der Waals surface area contributed by atoms with Gasteiger partial charge in [0.2, 0.25) is 10.0 Å². The van der Waals surface area contributed by atoms with E-state index < -0.39 is 22.0 Å². The second-order valence-electron chi connectivity index (χ2n) is 9.07. The van der Waals surface area contributed by atoms with E-state index in [4.69, 9.17) is 0 Å². The van der Waals surface area contributed by atoms with Gasteiger partial charge in [-0.1, -0.05) is 24.3 Å².